The number of halogens is 2. The van der Waals surface area contributed by atoms with Crippen LogP contribution in [0, 0.1) is 0 Å². The standard InChI is InChI=1S/C28H28P2.C10H8N2.2ClH.Ru/c1-5-15-25(16-6-1)29(26-17-7-2-8-18-26)23-13-14-24-30(27-19-9-3-10-20-27)28-21-11-4-12-22-28;1-3-7-11-9(5-1)10-6-2-4-8-12-10;;;/h1-12,15-22H,13-14,23-24H2;1-8H;2*1H;/q;;;;+2/p-2. The second kappa shape index (κ2) is 21.1. The smallest absolute Gasteiger partial charge is 0.0886 e. The molecule has 230 valence electrons. The van der Waals surface area contributed by atoms with Gasteiger partial charge in [0.25, 0.3) is 0 Å². The van der Waals surface area contributed by atoms with Crippen LogP contribution < -0.4 is 21.2 Å². The summed E-state index contributed by atoms with van der Waals surface area (Å²) in [6, 6.07) is 55.9. The van der Waals surface area contributed by atoms with Crippen LogP contribution in [0.3, 0.4) is 0 Å². The first-order valence-electron chi connectivity index (χ1n) is 14.7. The molecule has 0 saturated heterocycles. The van der Waals surface area contributed by atoms with Crippen molar-refractivity contribution in [3.63, 3.8) is 0 Å². The van der Waals surface area contributed by atoms with Crippen molar-refractivity contribution in [3.8, 4) is 11.4 Å². The number of pyridine rings is 2. The Kier molecular flexibility index (Phi) is 16.5. The van der Waals surface area contributed by atoms with E-state index in [-0.39, 0.29) is 31.0 Å². The van der Waals surface area contributed by atoms with Crippen LogP contribution in [0.2, 0.25) is 0 Å². The van der Waals surface area contributed by atoms with Gasteiger partial charge in [0.15, 0.2) is 0 Å². The Bertz CT molecular complexity index is 1380. The molecule has 0 radical (unpaired) electrons. The van der Waals surface area contributed by atoms with Crippen LogP contribution in [-0.2, 0) is 15.1 Å². The van der Waals surface area contributed by atoms with Gasteiger partial charge in [-0.1, -0.05) is 133 Å². The van der Waals surface area contributed by atoms with Crippen molar-refractivity contribution in [3.05, 3.63) is 170 Å². The topological polar surface area (TPSA) is 25.8 Å². The van der Waals surface area contributed by atoms with Gasteiger partial charge < -0.3 is 0 Å². The largest absolute Gasteiger partial charge is 0.255 e. The normalized spacial score (nSPS) is 10.5. The summed E-state index contributed by atoms with van der Waals surface area (Å²) >= 11 is -0.346. The molecule has 4 aromatic carbocycles. The maximum Gasteiger partial charge on any atom is 0.0886 e. The van der Waals surface area contributed by atoms with Gasteiger partial charge in [0.2, 0.25) is 0 Å². The second-order valence-electron chi connectivity index (χ2n) is 9.83. The second-order valence-corrected chi connectivity index (χ2v) is 17.1. The molecule has 0 unspecified atom stereocenters. The number of benzene rings is 4. The van der Waals surface area contributed by atoms with E-state index >= 15 is 0 Å². The van der Waals surface area contributed by atoms with E-state index in [1.54, 1.807) is 12.4 Å². The number of nitrogens with zero attached hydrogens (tertiary/aromatic N) is 2. The van der Waals surface area contributed by atoms with E-state index in [9.17, 15) is 0 Å². The first-order chi connectivity index (χ1) is 22.3. The quantitative estimate of drug-likeness (QED) is 0.0792. The monoisotopic (exact) mass is 754 g/mol. The number of aromatic nitrogens is 2. The number of hydrogen-bond donors (Lipinski definition) is 0. The molecule has 0 amide bonds. The number of unbranched alkanes of at least 4 members (excludes halogenated alkanes) is 1. The van der Waals surface area contributed by atoms with E-state index in [1.165, 1.54) is 46.4 Å². The molecule has 0 aliphatic heterocycles. The van der Waals surface area contributed by atoms with E-state index in [2.05, 4.69) is 131 Å². The van der Waals surface area contributed by atoms with Gasteiger partial charge in [-0.05, 0) is 86.5 Å². The number of rotatable bonds is 10. The van der Waals surface area contributed by atoms with Crippen LogP contribution in [0.25, 0.3) is 11.4 Å². The van der Waals surface area contributed by atoms with Gasteiger partial charge in [-0.3, -0.25) is 9.97 Å². The third-order valence-electron chi connectivity index (χ3n) is 6.88. The molecule has 2 nitrogen and oxygen atoms in total. The minimum Gasteiger partial charge on any atom is -0.255 e. The van der Waals surface area contributed by atoms with Crippen LogP contribution in [-0.4, -0.2) is 22.3 Å². The molecule has 0 saturated carbocycles. The molecule has 0 spiro atoms. The third kappa shape index (κ3) is 12.2. The van der Waals surface area contributed by atoms with Gasteiger partial charge in [-0.2, -0.15) is 0 Å². The van der Waals surface area contributed by atoms with Gasteiger partial charge in [0.1, 0.15) is 0 Å². The summed E-state index contributed by atoms with van der Waals surface area (Å²) in [5.41, 5.74) is 1.83. The number of hydrogen-bond acceptors (Lipinski definition) is 2. The van der Waals surface area contributed by atoms with Crippen LogP contribution >= 0.6 is 35.2 Å². The average molecular weight is 755 g/mol. The molecule has 6 rings (SSSR count). The van der Waals surface area contributed by atoms with E-state index < -0.39 is 0 Å². The fraction of sp³-hybridized carbons (Fsp3) is 0.105. The van der Waals surface area contributed by atoms with Crippen molar-refractivity contribution in [1.82, 2.24) is 9.97 Å². The Morgan fingerprint density at radius 2 is 0.667 bits per heavy atom. The Balaban J connectivity index is 0.000000254. The summed E-state index contributed by atoms with van der Waals surface area (Å²) in [6.07, 6.45) is 8.60. The van der Waals surface area contributed by atoms with E-state index in [0.717, 1.165) is 11.4 Å². The summed E-state index contributed by atoms with van der Waals surface area (Å²) in [7, 11) is 9.14. The summed E-state index contributed by atoms with van der Waals surface area (Å²) in [4.78, 5) is 8.37. The van der Waals surface area contributed by atoms with Crippen molar-refractivity contribution in [2.24, 2.45) is 0 Å². The van der Waals surface area contributed by atoms with Crippen molar-refractivity contribution in [1.29, 1.82) is 0 Å². The van der Waals surface area contributed by atoms with Gasteiger partial charge in [0, 0.05) is 12.4 Å². The van der Waals surface area contributed by atoms with Crippen LogP contribution in [0.5, 0.6) is 0 Å². The Morgan fingerprint density at radius 3 is 0.911 bits per heavy atom. The SMILES string of the molecule is [Cl][Ru][Cl].c1ccc(-c2ccccn2)nc1.c1ccc(P(CCCCP(c2ccccc2)c2ccccc2)c2ccccc2)cc1. The molecule has 0 aliphatic carbocycles. The van der Waals surface area contributed by atoms with Crippen molar-refractivity contribution < 1.29 is 15.1 Å². The molecule has 7 heteroatoms. The predicted octanol–water partition coefficient (Wildman–Crippen LogP) is 9.55. The fourth-order valence-corrected chi connectivity index (χ4v) is 9.65. The van der Waals surface area contributed by atoms with Gasteiger partial charge in [-0.15, -0.1) is 0 Å². The maximum atomic E-state index is 4.85. The minimum absolute atomic E-state index is 0.283. The molecule has 0 N–H and O–H groups in total. The van der Waals surface area contributed by atoms with E-state index in [0.29, 0.717) is 0 Å². The fourth-order valence-electron chi connectivity index (χ4n) is 4.81. The van der Waals surface area contributed by atoms with Crippen LogP contribution in [0.4, 0.5) is 0 Å². The zero-order valence-corrected chi connectivity index (χ0v) is 29.9. The Hall–Kier alpha value is -2.76. The summed E-state index contributed by atoms with van der Waals surface area (Å²) in [5.74, 6) is 0. The first kappa shape index (κ1) is 35.1. The zero-order chi connectivity index (χ0) is 31.4. The molecule has 45 heavy (non-hydrogen) atoms. The molecule has 0 fully saturated rings. The summed E-state index contributed by atoms with van der Waals surface area (Å²) in [5, 5.41) is 5.97. The van der Waals surface area contributed by atoms with E-state index in [4.69, 9.17) is 19.4 Å². The molecular formula is C38H36Cl2N2P2Ru. The average Bonchev–Trinajstić information content (AvgIpc) is 3.13. The Morgan fingerprint density at radius 1 is 0.400 bits per heavy atom. The molecule has 0 bridgehead atoms. The molecular weight excluding hydrogens is 718 g/mol. The maximum absolute atomic E-state index is 4.85. The Labute approximate surface area is 286 Å². The van der Waals surface area contributed by atoms with Crippen LogP contribution in [0.1, 0.15) is 12.8 Å². The zero-order valence-electron chi connectivity index (χ0n) is 24.9. The summed E-state index contributed by atoms with van der Waals surface area (Å²) < 4.78 is 0. The molecule has 2 heterocycles. The summed E-state index contributed by atoms with van der Waals surface area (Å²) in [6.45, 7) is 0. The van der Waals surface area contributed by atoms with Crippen molar-refractivity contribution in [2.75, 3.05) is 12.3 Å². The predicted molar refractivity (Wildman–Crippen MR) is 196 cm³/mol. The minimum atomic E-state index is -0.346. The van der Waals surface area contributed by atoms with Crippen molar-refractivity contribution >= 4 is 56.4 Å². The molecule has 2 aromatic heterocycles. The van der Waals surface area contributed by atoms with Crippen LogP contribution in [0.15, 0.2) is 170 Å². The molecule has 0 atom stereocenters. The van der Waals surface area contributed by atoms with E-state index in [1.807, 2.05) is 36.4 Å². The van der Waals surface area contributed by atoms with Gasteiger partial charge >= 0.3 is 34.5 Å². The van der Waals surface area contributed by atoms with Crippen molar-refractivity contribution in [2.45, 2.75) is 12.8 Å². The molecule has 6 aromatic rings. The molecule has 0 aliphatic rings. The third-order valence-corrected chi connectivity index (χ3v) is 12.1. The van der Waals surface area contributed by atoms with Gasteiger partial charge in [0.05, 0.1) is 11.4 Å². The van der Waals surface area contributed by atoms with Gasteiger partial charge in [-0.25, -0.2) is 0 Å². The first-order valence-corrected chi connectivity index (χ1v) is 22.3.